The molecule has 0 spiro atoms. The van der Waals surface area contributed by atoms with Crippen molar-refractivity contribution in [3.8, 4) is 0 Å². The first-order valence-corrected chi connectivity index (χ1v) is 6.23. The number of rotatable bonds is 11. The van der Waals surface area contributed by atoms with E-state index in [9.17, 15) is 19.2 Å². The van der Waals surface area contributed by atoms with Gasteiger partial charge in [-0.15, -0.1) is 0 Å². The molecule has 7 N–H and O–H groups in total. The Bertz CT molecular complexity index is 400. The Hall–Kier alpha value is -2.20. The van der Waals surface area contributed by atoms with Gasteiger partial charge in [0.2, 0.25) is 11.8 Å². The molecule has 2 atom stereocenters. The van der Waals surface area contributed by atoms with E-state index in [0.29, 0.717) is 0 Å². The summed E-state index contributed by atoms with van der Waals surface area (Å²) in [4.78, 5) is 44.1. The number of carbonyl (C=O) groups is 4. The maximum Gasteiger partial charge on any atom is 0.303 e. The fraction of sp³-hybridized carbons (Fsp3) is 0.636. The molecule has 0 aromatic rings. The van der Waals surface area contributed by atoms with Gasteiger partial charge in [-0.25, -0.2) is 5.43 Å². The number of primary amides is 1. The van der Waals surface area contributed by atoms with Crippen molar-refractivity contribution in [2.24, 2.45) is 5.73 Å². The molecule has 0 heterocycles. The van der Waals surface area contributed by atoms with Gasteiger partial charge in [0.05, 0.1) is 0 Å². The molecule has 2 amide bonds. The minimum Gasteiger partial charge on any atom is -0.481 e. The number of hydrazine groups is 1. The van der Waals surface area contributed by atoms with Crippen LogP contribution in [0.2, 0.25) is 0 Å². The smallest absolute Gasteiger partial charge is 0.303 e. The molecule has 10 nitrogen and oxygen atoms in total. The molecule has 0 saturated carbocycles. The topological polar surface area (TPSA) is 171 Å². The van der Waals surface area contributed by atoms with Crippen LogP contribution >= 0.6 is 0 Å². The SMILES string of the molecule is CNNC(CCC(=O)O)C(=O)NC(CCC(=O)O)C(N)=O. The summed E-state index contributed by atoms with van der Waals surface area (Å²) in [5, 5.41) is 19.5. The second-order valence-electron chi connectivity index (χ2n) is 4.28. The van der Waals surface area contributed by atoms with Crippen LogP contribution in [0, 0.1) is 0 Å². The third kappa shape index (κ3) is 8.55. The zero-order valence-electron chi connectivity index (χ0n) is 11.6. The van der Waals surface area contributed by atoms with Crippen molar-refractivity contribution in [1.29, 1.82) is 0 Å². The normalized spacial score (nSPS) is 13.2. The third-order valence-corrected chi connectivity index (χ3v) is 2.59. The number of nitrogens with two attached hydrogens (primary N) is 1. The van der Waals surface area contributed by atoms with Gasteiger partial charge < -0.3 is 21.3 Å². The van der Waals surface area contributed by atoms with Gasteiger partial charge in [0.15, 0.2) is 0 Å². The Labute approximate surface area is 121 Å². The highest BCUT2D eigenvalue weighted by atomic mass is 16.4. The molecule has 0 bridgehead atoms. The first-order chi connectivity index (χ1) is 9.77. The molecule has 0 saturated heterocycles. The van der Waals surface area contributed by atoms with Gasteiger partial charge in [-0.2, -0.15) is 0 Å². The van der Waals surface area contributed by atoms with E-state index >= 15 is 0 Å². The Morgan fingerprint density at radius 3 is 1.86 bits per heavy atom. The lowest BCUT2D eigenvalue weighted by atomic mass is 10.1. The van der Waals surface area contributed by atoms with Crippen molar-refractivity contribution in [3.05, 3.63) is 0 Å². The first-order valence-electron chi connectivity index (χ1n) is 6.23. The van der Waals surface area contributed by atoms with Crippen LogP contribution in [-0.4, -0.2) is 53.1 Å². The monoisotopic (exact) mass is 304 g/mol. The summed E-state index contributed by atoms with van der Waals surface area (Å²) in [5.41, 5.74) is 10.2. The number of carboxylic acid groups (broad SMARTS) is 2. The third-order valence-electron chi connectivity index (χ3n) is 2.59. The van der Waals surface area contributed by atoms with Crippen LogP contribution in [0.15, 0.2) is 0 Å². The van der Waals surface area contributed by atoms with Crippen LogP contribution in [0.4, 0.5) is 0 Å². The van der Waals surface area contributed by atoms with Crippen LogP contribution in [0.1, 0.15) is 25.7 Å². The zero-order chi connectivity index (χ0) is 16.4. The predicted octanol–water partition coefficient (Wildman–Crippen LogP) is -2.22. The molecule has 0 aromatic heterocycles. The lowest BCUT2D eigenvalue weighted by Crippen LogP contribution is -2.54. The van der Waals surface area contributed by atoms with Crippen LogP contribution in [0.5, 0.6) is 0 Å². The average Bonchev–Trinajstić information content (AvgIpc) is 2.38. The number of amides is 2. The Morgan fingerprint density at radius 1 is 1.00 bits per heavy atom. The quantitative estimate of drug-likeness (QED) is 0.233. The molecular weight excluding hydrogens is 284 g/mol. The van der Waals surface area contributed by atoms with Crippen molar-refractivity contribution < 1.29 is 29.4 Å². The molecule has 0 aliphatic rings. The highest BCUT2D eigenvalue weighted by Gasteiger charge is 2.24. The lowest BCUT2D eigenvalue weighted by molar-refractivity contribution is -0.139. The van der Waals surface area contributed by atoms with Crippen LogP contribution in [0.25, 0.3) is 0 Å². The van der Waals surface area contributed by atoms with Crippen LogP contribution in [0.3, 0.4) is 0 Å². The van der Waals surface area contributed by atoms with E-state index in [2.05, 4.69) is 16.2 Å². The lowest BCUT2D eigenvalue weighted by Gasteiger charge is -2.20. The fourth-order valence-electron chi connectivity index (χ4n) is 1.54. The van der Waals surface area contributed by atoms with Gasteiger partial charge in [0.1, 0.15) is 12.1 Å². The summed E-state index contributed by atoms with van der Waals surface area (Å²) in [6, 6.07) is -2.02. The standard InChI is InChI=1S/C11H20N4O6/c1-13-15-7(3-5-9(18)19)11(21)14-6(10(12)20)2-4-8(16)17/h6-7,13,15H,2-5H2,1H3,(H2,12,20)(H,14,21)(H,16,17)(H,18,19). The number of carbonyl (C=O) groups excluding carboxylic acids is 2. The van der Waals surface area contributed by atoms with Crippen molar-refractivity contribution in [3.63, 3.8) is 0 Å². The zero-order valence-corrected chi connectivity index (χ0v) is 11.6. The summed E-state index contributed by atoms with van der Waals surface area (Å²) in [5.74, 6) is -3.68. The van der Waals surface area contributed by atoms with Gasteiger partial charge in [-0.05, 0) is 19.9 Å². The second-order valence-corrected chi connectivity index (χ2v) is 4.28. The van der Waals surface area contributed by atoms with E-state index < -0.39 is 35.8 Å². The Kier molecular flexibility index (Phi) is 8.65. The van der Waals surface area contributed by atoms with E-state index in [1.807, 2.05) is 0 Å². The average molecular weight is 304 g/mol. The molecular formula is C11H20N4O6. The summed E-state index contributed by atoms with van der Waals surface area (Å²) in [6.45, 7) is 0. The highest BCUT2D eigenvalue weighted by molar-refractivity contribution is 5.89. The van der Waals surface area contributed by atoms with E-state index in [1.165, 1.54) is 7.05 Å². The van der Waals surface area contributed by atoms with Crippen molar-refractivity contribution >= 4 is 23.8 Å². The molecule has 0 aromatic carbocycles. The molecule has 0 radical (unpaired) electrons. The van der Waals surface area contributed by atoms with Crippen LogP contribution in [-0.2, 0) is 19.2 Å². The maximum atomic E-state index is 11.9. The van der Waals surface area contributed by atoms with Crippen molar-refractivity contribution in [2.45, 2.75) is 37.8 Å². The molecule has 0 fully saturated rings. The molecule has 10 heteroatoms. The molecule has 0 aliphatic heterocycles. The number of nitrogens with one attached hydrogen (secondary N) is 3. The molecule has 0 aliphatic carbocycles. The predicted molar refractivity (Wildman–Crippen MR) is 70.8 cm³/mol. The minimum absolute atomic E-state index is 0.00752. The number of hydrogen-bond donors (Lipinski definition) is 6. The largest absolute Gasteiger partial charge is 0.481 e. The van der Waals surface area contributed by atoms with Gasteiger partial charge >= 0.3 is 11.9 Å². The molecule has 2 unspecified atom stereocenters. The molecule has 120 valence electrons. The molecule has 21 heavy (non-hydrogen) atoms. The minimum atomic E-state index is -1.13. The van der Waals surface area contributed by atoms with E-state index in [0.717, 1.165) is 0 Å². The second kappa shape index (κ2) is 9.66. The van der Waals surface area contributed by atoms with Gasteiger partial charge in [-0.1, -0.05) is 0 Å². The number of aliphatic carboxylic acids is 2. The summed E-state index contributed by atoms with van der Waals surface area (Å²) >= 11 is 0. The molecule has 0 rings (SSSR count). The fourth-order valence-corrected chi connectivity index (χ4v) is 1.54. The van der Waals surface area contributed by atoms with E-state index in [4.69, 9.17) is 15.9 Å². The Balaban J connectivity index is 4.62. The van der Waals surface area contributed by atoms with Crippen LogP contribution < -0.4 is 21.9 Å². The maximum absolute atomic E-state index is 11.9. The number of hydrogen-bond acceptors (Lipinski definition) is 6. The van der Waals surface area contributed by atoms with Crippen molar-refractivity contribution in [1.82, 2.24) is 16.2 Å². The van der Waals surface area contributed by atoms with E-state index in [-0.39, 0.29) is 25.7 Å². The number of carboxylic acids is 2. The Morgan fingerprint density at radius 2 is 1.48 bits per heavy atom. The van der Waals surface area contributed by atoms with Crippen molar-refractivity contribution in [2.75, 3.05) is 7.05 Å². The van der Waals surface area contributed by atoms with Gasteiger partial charge in [0, 0.05) is 12.8 Å². The summed E-state index contributed by atoms with van der Waals surface area (Å²) in [7, 11) is 1.50. The highest BCUT2D eigenvalue weighted by Crippen LogP contribution is 2.01. The van der Waals surface area contributed by atoms with Gasteiger partial charge in [0.25, 0.3) is 0 Å². The summed E-state index contributed by atoms with van der Waals surface area (Å²) in [6.07, 6.45) is -0.718. The van der Waals surface area contributed by atoms with E-state index in [1.54, 1.807) is 0 Å². The van der Waals surface area contributed by atoms with Gasteiger partial charge in [-0.3, -0.25) is 24.6 Å². The summed E-state index contributed by atoms with van der Waals surface area (Å²) < 4.78 is 0. The first kappa shape index (κ1) is 18.8.